The fourth-order valence-corrected chi connectivity index (χ4v) is 2.93. The van der Waals surface area contributed by atoms with E-state index >= 15 is 0 Å². The van der Waals surface area contributed by atoms with Crippen LogP contribution in [0.4, 0.5) is 0 Å². The van der Waals surface area contributed by atoms with E-state index in [4.69, 9.17) is 4.74 Å². The number of phenolic OH excluding ortho intramolecular Hbond substituents is 1. The van der Waals surface area contributed by atoms with Gasteiger partial charge in [-0.2, -0.15) is 0 Å². The number of phenols is 1. The second-order valence-electron chi connectivity index (χ2n) is 6.80. The van der Waals surface area contributed by atoms with Gasteiger partial charge < -0.3 is 15.2 Å². The van der Waals surface area contributed by atoms with Crippen LogP contribution in [0.1, 0.15) is 28.4 Å². The first-order valence-electron chi connectivity index (χ1n) is 9.60. The molecular weight excluding hydrogens is 382 g/mol. The number of rotatable bonds is 7. The Labute approximate surface area is 174 Å². The van der Waals surface area contributed by atoms with E-state index in [0.29, 0.717) is 17.0 Å². The number of nitrogens with zero attached hydrogens (tertiary/aromatic N) is 2. The van der Waals surface area contributed by atoms with Crippen LogP contribution in [0, 0.1) is 6.92 Å². The van der Waals surface area contributed by atoms with Crippen molar-refractivity contribution in [2.45, 2.75) is 26.3 Å². The summed E-state index contributed by atoms with van der Waals surface area (Å²) in [6, 6.07) is 12.6. The summed E-state index contributed by atoms with van der Waals surface area (Å²) < 4.78 is 5.12. The minimum Gasteiger partial charge on any atom is -0.508 e. The molecule has 0 aliphatic heterocycles. The van der Waals surface area contributed by atoms with E-state index in [2.05, 4.69) is 15.3 Å². The van der Waals surface area contributed by atoms with Crippen molar-refractivity contribution in [1.29, 1.82) is 0 Å². The maximum Gasteiger partial charge on any atom is 0.328 e. The quantitative estimate of drug-likeness (QED) is 0.586. The summed E-state index contributed by atoms with van der Waals surface area (Å²) in [4.78, 5) is 33.8. The number of carbonyl (C=O) groups excluding carboxylic acids is 2. The van der Waals surface area contributed by atoms with Gasteiger partial charge in [-0.1, -0.05) is 12.1 Å². The van der Waals surface area contributed by atoms with Crippen LogP contribution in [0.25, 0.3) is 11.4 Å². The van der Waals surface area contributed by atoms with Crippen molar-refractivity contribution in [3.05, 3.63) is 77.6 Å². The van der Waals surface area contributed by atoms with Gasteiger partial charge in [0.25, 0.3) is 5.91 Å². The third-order valence-corrected chi connectivity index (χ3v) is 4.45. The minimum absolute atomic E-state index is 0.129. The molecule has 1 aromatic carbocycles. The normalized spacial score (nSPS) is 11.5. The van der Waals surface area contributed by atoms with Crippen molar-refractivity contribution in [2.24, 2.45) is 0 Å². The van der Waals surface area contributed by atoms with E-state index < -0.39 is 17.9 Å². The van der Waals surface area contributed by atoms with Crippen molar-refractivity contribution in [3.63, 3.8) is 0 Å². The van der Waals surface area contributed by atoms with Crippen LogP contribution in [0.5, 0.6) is 5.75 Å². The number of nitrogens with one attached hydrogen (secondary N) is 1. The van der Waals surface area contributed by atoms with Gasteiger partial charge >= 0.3 is 5.97 Å². The number of aryl methyl sites for hydroxylation is 1. The molecule has 2 aromatic heterocycles. The smallest absolute Gasteiger partial charge is 0.328 e. The van der Waals surface area contributed by atoms with Crippen LogP contribution < -0.4 is 5.32 Å². The van der Waals surface area contributed by atoms with Crippen LogP contribution in [0.15, 0.2) is 60.9 Å². The second kappa shape index (κ2) is 9.65. The van der Waals surface area contributed by atoms with Crippen molar-refractivity contribution in [2.75, 3.05) is 6.61 Å². The highest BCUT2D eigenvalue weighted by Gasteiger charge is 2.23. The molecule has 0 radical (unpaired) electrons. The van der Waals surface area contributed by atoms with E-state index in [1.807, 2.05) is 19.1 Å². The molecular formula is C23H23N3O4. The highest BCUT2D eigenvalue weighted by molar-refractivity contribution is 5.97. The molecule has 1 atom stereocenters. The van der Waals surface area contributed by atoms with Crippen molar-refractivity contribution < 1.29 is 19.4 Å². The number of aromatic hydroxyl groups is 1. The van der Waals surface area contributed by atoms with Crippen LogP contribution in [-0.4, -0.2) is 39.6 Å². The van der Waals surface area contributed by atoms with Crippen LogP contribution >= 0.6 is 0 Å². The predicted octanol–water partition coefficient (Wildman–Crippen LogP) is 3.06. The Hall–Kier alpha value is -3.74. The van der Waals surface area contributed by atoms with Gasteiger partial charge in [-0.3, -0.25) is 14.8 Å². The molecule has 0 saturated heterocycles. The Kier molecular flexibility index (Phi) is 6.75. The molecule has 3 aromatic rings. The lowest BCUT2D eigenvalue weighted by molar-refractivity contribution is -0.145. The zero-order chi connectivity index (χ0) is 21.5. The molecule has 2 heterocycles. The summed E-state index contributed by atoms with van der Waals surface area (Å²) in [5, 5.41) is 12.2. The van der Waals surface area contributed by atoms with E-state index in [-0.39, 0.29) is 18.8 Å². The first-order valence-corrected chi connectivity index (χ1v) is 9.60. The van der Waals surface area contributed by atoms with Gasteiger partial charge in [0.2, 0.25) is 0 Å². The topological polar surface area (TPSA) is 101 Å². The van der Waals surface area contributed by atoms with Crippen LogP contribution in [-0.2, 0) is 16.0 Å². The summed E-state index contributed by atoms with van der Waals surface area (Å²) in [6.45, 7) is 3.87. The summed E-state index contributed by atoms with van der Waals surface area (Å²) in [7, 11) is 0. The van der Waals surface area contributed by atoms with E-state index in [1.54, 1.807) is 37.4 Å². The molecule has 1 unspecified atom stereocenters. The molecule has 2 N–H and O–H groups in total. The second-order valence-corrected chi connectivity index (χ2v) is 6.80. The van der Waals surface area contributed by atoms with Crippen molar-refractivity contribution >= 4 is 11.9 Å². The summed E-state index contributed by atoms with van der Waals surface area (Å²) in [6.07, 6.45) is 3.46. The first-order chi connectivity index (χ1) is 14.5. The lowest BCUT2D eigenvalue weighted by Gasteiger charge is -2.18. The summed E-state index contributed by atoms with van der Waals surface area (Å²) in [5.74, 6) is -0.804. The molecule has 0 aliphatic carbocycles. The molecule has 0 saturated carbocycles. The Bertz CT molecular complexity index is 1030. The number of aromatic nitrogens is 2. The lowest BCUT2D eigenvalue weighted by Crippen LogP contribution is -2.43. The van der Waals surface area contributed by atoms with Gasteiger partial charge in [-0.25, -0.2) is 4.79 Å². The number of carbonyl (C=O) groups is 2. The molecule has 0 spiro atoms. The molecule has 154 valence electrons. The number of amides is 1. The molecule has 0 aliphatic rings. The van der Waals surface area contributed by atoms with Crippen LogP contribution in [0.2, 0.25) is 0 Å². The maximum absolute atomic E-state index is 12.9. The van der Waals surface area contributed by atoms with E-state index in [0.717, 1.165) is 11.1 Å². The molecule has 1 amide bonds. The van der Waals surface area contributed by atoms with Gasteiger partial charge in [0.1, 0.15) is 11.8 Å². The monoisotopic (exact) mass is 405 g/mol. The van der Waals surface area contributed by atoms with Gasteiger partial charge in [-0.15, -0.1) is 0 Å². The predicted molar refractivity (Wildman–Crippen MR) is 112 cm³/mol. The highest BCUT2D eigenvalue weighted by Crippen LogP contribution is 2.17. The number of benzene rings is 1. The number of pyridine rings is 2. The largest absolute Gasteiger partial charge is 0.508 e. The number of hydrogen-bond acceptors (Lipinski definition) is 6. The zero-order valence-corrected chi connectivity index (χ0v) is 16.8. The van der Waals surface area contributed by atoms with Crippen molar-refractivity contribution in [1.82, 2.24) is 15.3 Å². The van der Waals surface area contributed by atoms with E-state index in [9.17, 15) is 14.7 Å². The molecule has 0 fully saturated rings. The Balaban J connectivity index is 1.80. The molecule has 30 heavy (non-hydrogen) atoms. The van der Waals surface area contributed by atoms with Crippen LogP contribution in [0.3, 0.4) is 0 Å². The fraction of sp³-hybridized carbons (Fsp3) is 0.217. The number of ether oxygens (including phenoxy) is 1. The average molecular weight is 405 g/mol. The fourth-order valence-electron chi connectivity index (χ4n) is 2.93. The molecule has 3 rings (SSSR count). The Morgan fingerprint density at radius 3 is 2.37 bits per heavy atom. The first kappa shape index (κ1) is 21.0. The summed E-state index contributed by atoms with van der Waals surface area (Å²) in [5.41, 5.74) is 3.41. The Morgan fingerprint density at radius 1 is 1.03 bits per heavy atom. The summed E-state index contributed by atoms with van der Waals surface area (Å²) >= 11 is 0. The number of hydrogen-bond donors (Lipinski definition) is 2. The SMILES string of the molecule is CCOC(=O)C(Cc1ccc(O)cc1)NC(=O)c1ccnc(-c2cc(C)ccn2)c1. The standard InChI is InChI=1S/C23H23N3O4/c1-3-30-23(29)21(13-16-4-6-18(27)7-5-16)26-22(28)17-9-11-25-20(14-17)19-12-15(2)8-10-24-19/h4-12,14,21,27H,3,13H2,1-2H3,(H,26,28). The highest BCUT2D eigenvalue weighted by atomic mass is 16.5. The maximum atomic E-state index is 12.9. The van der Waals surface area contributed by atoms with Gasteiger partial charge in [0.05, 0.1) is 18.0 Å². The molecule has 0 bridgehead atoms. The van der Waals surface area contributed by atoms with Gasteiger partial charge in [-0.05, 0) is 61.4 Å². The van der Waals surface area contributed by atoms with E-state index in [1.165, 1.54) is 18.3 Å². The van der Waals surface area contributed by atoms with Crippen molar-refractivity contribution in [3.8, 4) is 17.1 Å². The molecule has 7 heteroatoms. The zero-order valence-electron chi connectivity index (χ0n) is 16.8. The lowest BCUT2D eigenvalue weighted by atomic mass is 10.0. The third kappa shape index (κ3) is 5.41. The molecule has 7 nitrogen and oxygen atoms in total. The minimum atomic E-state index is -0.865. The average Bonchev–Trinajstić information content (AvgIpc) is 2.75. The number of esters is 1. The third-order valence-electron chi connectivity index (χ3n) is 4.45. The van der Waals surface area contributed by atoms with Gasteiger partial charge in [0.15, 0.2) is 0 Å². The van der Waals surface area contributed by atoms with Gasteiger partial charge in [0, 0.05) is 24.4 Å². The Morgan fingerprint density at radius 2 is 1.70 bits per heavy atom.